The zero-order valence-electron chi connectivity index (χ0n) is 9.81. The number of halogens is 1. The fourth-order valence-corrected chi connectivity index (χ4v) is 2.20. The van der Waals surface area contributed by atoms with Crippen molar-refractivity contribution in [2.45, 2.75) is 12.5 Å². The zero-order valence-corrected chi connectivity index (χ0v) is 9.81. The molecule has 18 heavy (non-hydrogen) atoms. The van der Waals surface area contributed by atoms with E-state index in [1.54, 1.807) is 0 Å². The van der Waals surface area contributed by atoms with E-state index in [1.807, 2.05) is 0 Å². The molecule has 0 aromatic heterocycles. The first-order valence-corrected chi connectivity index (χ1v) is 5.56. The van der Waals surface area contributed by atoms with Crippen LogP contribution in [0.4, 0.5) is 4.39 Å². The number of aliphatic carboxylic acids is 1. The van der Waals surface area contributed by atoms with Gasteiger partial charge in [-0.25, -0.2) is 4.39 Å². The van der Waals surface area contributed by atoms with Gasteiger partial charge < -0.3 is 20.3 Å². The molecule has 1 aromatic carbocycles. The van der Waals surface area contributed by atoms with E-state index >= 15 is 0 Å². The lowest BCUT2D eigenvalue weighted by Crippen LogP contribution is -2.17. The number of ether oxygens (including phenoxy) is 1. The molecule has 0 bridgehead atoms. The molecule has 1 aliphatic rings. The van der Waals surface area contributed by atoms with Gasteiger partial charge in [0.25, 0.3) is 0 Å². The lowest BCUT2D eigenvalue weighted by molar-refractivity contribution is -0.141. The molecule has 0 aliphatic carbocycles. The highest BCUT2D eigenvalue weighted by atomic mass is 19.1. The first-order valence-electron chi connectivity index (χ1n) is 5.56. The van der Waals surface area contributed by atoms with Crippen molar-refractivity contribution >= 4 is 5.97 Å². The molecule has 1 fully saturated rings. The molecule has 0 radical (unpaired) electrons. The van der Waals surface area contributed by atoms with Crippen molar-refractivity contribution in [1.82, 2.24) is 5.32 Å². The second-order valence-corrected chi connectivity index (χ2v) is 4.25. The second-order valence-electron chi connectivity index (χ2n) is 4.25. The van der Waals surface area contributed by atoms with Crippen LogP contribution in [0, 0.1) is 11.7 Å². The normalized spacial score (nSPS) is 23.0. The highest BCUT2D eigenvalue weighted by Crippen LogP contribution is 2.39. The Morgan fingerprint density at radius 1 is 1.56 bits per heavy atom. The number of carbonyl (C=O) groups is 1. The van der Waals surface area contributed by atoms with Crippen LogP contribution >= 0.6 is 0 Å². The topological polar surface area (TPSA) is 78.8 Å². The summed E-state index contributed by atoms with van der Waals surface area (Å²) in [7, 11) is 1.27. The summed E-state index contributed by atoms with van der Waals surface area (Å²) in [4.78, 5) is 10.9. The molecule has 1 aromatic rings. The third kappa shape index (κ3) is 2.11. The summed E-state index contributed by atoms with van der Waals surface area (Å²) in [6.45, 7) is 0.332. The Kier molecular flexibility index (Phi) is 3.38. The Labute approximate surface area is 103 Å². The second kappa shape index (κ2) is 4.81. The number of nitrogens with one attached hydrogen (secondary N) is 1. The van der Waals surface area contributed by atoms with Gasteiger partial charge in [0.1, 0.15) is 0 Å². The van der Waals surface area contributed by atoms with Crippen LogP contribution in [0.3, 0.4) is 0 Å². The van der Waals surface area contributed by atoms with Gasteiger partial charge in [0.05, 0.1) is 13.0 Å². The quantitative estimate of drug-likeness (QED) is 0.758. The minimum absolute atomic E-state index is 0.215. The molecule has 5 nitrogen and oxygen atoms in total. The molecule has 2 unspecified atom stereocenters. The number of phenols is 1. The molecule has 6 heteroatoms. The van der Waals surface area contributed by atoms with Gasteiger partial charge in [-0.1, -0.05) is 6.07 Å². The Morgan fingerprint density at radius 3 is 2.83 bits per heavy atom. The SMILES string of the molecule is COc1c(F)ccc(C2CC(C(=O)O)CN2)c1O. The van der Waals surface area contributed by atoms with E-state index in [0.29, 0.717) is 18.5 Å². The van der Waals surface area contributed by atoms with Crippen molar-refractivity contribution in [1.29, 1.82) is 0 Å². The maximum Gasteiger partial charge on any atom is 0.307 e. The van der Waals surface area contributed by atoms with E-state index in [-0.39, 0.29) is 17.5 Å². The third-order valence-electron chi connectivity index (χ3n) is 3.17. The number of rotatable bonds is 3. The predicted octanol–water partition coefficient (Wildman–Crippen LogP) is 1.28. The van der Waals surface area contributed by atoms with E-state index in [9.17, 15) is 14.3 Å². The largest absolute Gasteiger partial charge is 0.504 e. The van der Waals surface area contributed by atoms with Gasteiger partial charge in [0.15, 0.2) is 17.3 Å². The van der Waals surface area contributed by atoms with E-state index in [0.717, 1.165) is 0 Å². The van der Waals surface area contributed by atoms with Gasteiger partial charge >= 0.3 is 5.97 Å². The molecular weight excluding hydrogens is 241 g/mol. The standard InChI is InChI=1S/C12H14FNO4/c1-18-11-8(13)3-2-7(10(11)15)9-4-6(5-14-9)12(16)17/h2-3,6,9,14-15H,4-5H2,1H3,(H,16,17). The number of aromatic hydroxyl groups is 1. The van der Waals surface area contributed by atoms with Gasteiger partial charge in [0.2, 0.25) is 0 Å². The Hall–Kier alpha value is -1.82. The van der Waals surface area contributed by atoms with Gasteiger partial charge in [-0.2, -0.15) is 0 Å². The van der Waals surface area contributed by atoms with E-state index in [1.165, 1.54) is 19.2 Å². The van der Waals surface area contributed by atoms with Crippen molar-refractivity contribution in [3.05, 3.63) is 23.5 Å². The minimum Gasteiger partial charge on any atom is -0.504 e. The average Bonchev–Trinajstić information content (AvgIpc) is 2.79. The summed E-state index contributed by atoms with van der Waals surface area (Å²) < 4.78 is 18.1. The molecule has 3 N–H and O–H groups in total. The maximum absolute atomic E-state index is 13.3. The van der Waals surface area contributed by atoms with Crippen LogP contribution in [0.2, 0.25) is 0 Å². The Bertz CT molecular complexity index is 477. The van der Waals surface area contributed by atoms with Crippen molar-refractivity contribution < 1.29 is 24.1 Å². The van der Waals surface area contributed by atoms with Gasteiger partial charge in [0, 0.05) is 18.2 Å². The third-order valence-corrected chi connectivity index (χ3v) is 3.17. The summed E-state index contributed by atoms with van der Waals surface area (Å²) in [5, 5.41) is 21.8. The molecule has 0 amide bonds. The number of carboxylic acid groups (broad SMARTS) is 1. The summed E-state index contributed by atoms with van der Waals surface area (Å²) in [6, 6.07) is 2.33. The summed E-state index contributed by atoms with van der Waals surface area (Å²) in [6.07, 6.45) is 0.359. The first-order chi connectivity index (χ1) is 8.54. The molecule has 2 rings (SSSR count). The number of methoxy groups -OCH3 is 1. The van der Waals surface area contributed by atoms with Crippen LogP contribution in [-0.2, 0) is 4.79 Å². The lowest BCUT2D eigenvalue weighted by atomic mass is 9.99. The van der Waals surface area contributed by atoms with Crippen molar-refractivity contribution in [3.8, 4) is 11.5 Å². The molecule has 1 saturated heterocycles. The van der Waals surface area contributed by atoms with Gasteiger partial charge in [-0.05, 0) is 12.5 Å². The highest BCUT2D eigenvalue weighted by Gasteiger charge is 2.32. The van der Waals surface area contributed by atoms with Crippen LogP contribution < -0.4 is 10.1 Å². The van der Waals surface area contributed by atoms with Crippen LogP contribution in [0.1, 0.15) is 18.0 Å². The molecule has 1 aliphatic heterocycles. The van der Waals surface area contributed by atoms with Gasteiger partial charge in [-0.3, -0.25) is 4.79 Å². The molecule has 0 spiro atoms. The van der Waals surface area contributed by atoms with E-state index in [4.69, 9.17) is 9.84 Å². The lowest BCUT2D eigenvalue weighted by Gasteiger charge is -2.15. The first kappa shape index (κ1) is 12.6. The van der Waals surface area contributed by atoms with Crippen LogP contribution in [0.5, 0.6) is 11.5 Å². The van der Waals surface area contributed by atoms with Crippen molar-refractivity contribution in [2.24, 2.45) is 5.92 Å². The summed E-state index contributed by atoms with van der Waals surface area (Å²) >= 11 is 0. The molecule has 2 atom stereocenters. The monoisotopic (exact) mass is 255 g/mol. The number of hydrogen-bond acceptors (Lipinski definition) is 4. The number of phenolic OH excluding ortho intramolecular Hbond substituents is 1. The van der Waals surface area contributed by atoms with Crippen LogP contribution in [0.25, 0.3) is 0 Å². The van der Waals surface area contributed by atoms with Crippen LogP contribution in [0.15, 0.2) is 12.1 Å². The molecule has 98 valence electrons. The maximum atomic E-state index is 13.3. The zero-order chi connectivity index (χ0) is 13.3. The Balaban J connectivity index is 2.28. The average molecular weight is 255 g/mol. The van der Waals surface area contributed by atoms with E-state index < -0.39 is 17.7 Å². The molecular formula is C12H14FNO4. The molecule has 1 heterocycles. The van der Waals surface area contributed by atoms with Crippen molar-refractivity contribution in [3.63, 3.8) is 0 Å². The molecule has 0 saturated carbocycles. The summed E-state index contributed by atoms with van der Waals surface area (Å²) in [5.41, 5.74) is 0.456. The minimum atomic E-state index is -0.876. The van der Waals surface area contributed by atoms with Crippen LogP contribution in [-0.4, -0.2) is 29.8 Å². The highest BCUT2D eigenvalue weighted by molar-refractivity contribution is 5.71. The fourth-order valence-electron chi connectivity index (χ4n) is 2.20. The fraction of sp³-hybridized carbons (Fsp3) is 0.417. The number of carboxylic acids is 1. The number of benzene rings is 1. The predicted molar refractivity (Wildman–Crippen MR) is 61.1 cm³/mol. The van der Waals surface area contributed by atoms with E-state index in [2.05, 4.69) is 5.32 Å². The number of hydrogen-bond donors (Lipinski definition) is 3. The van der Waals surface area contributed by atoms with Gasteiger partial charge in [-0.15, -0.1) is 0 Å². The smallest absolute Gasteiger partial charge is 0.307 e. The Morgan fingerprint density at radius 2 is 2.28 bits per heavy atom. The van der Waals surface area contributed by atoms with Crippen molar-refractivity contribution in [2.75, 3.05) is 13.7 Å². The summed E-state index contributed by atoms with van der Waals surface area (Å²) in [5.74, 6) is -2.51.